The van der Waals surface area contributed by atoms with E-state index in [1.165, 1.54) is 23.4 Å². The Bertz CT molecular complexity index is 580. The first-order valence-corrected chi connectivity index (χ1v) is 5.94. The third-order valence-electron chi connectivity index (χ3n) is 3.05. The van der Waals surface area contributed by atoms with Crippen molar-refractivity contribution in [2.45, 2.75) is 6.42 Å². The van der Waals surface area contributed by atoms with Crippen LogP contribution in [0.1, 0.15) is 5.56 Å². The van der Waals surface area contributed by atoms with Crippen LogP contribution >= 0.6 is 11.6 Å². The highest BCUT2D eigenvalue weighted by Gasteiger charge is 2.12. The molecule has 3 rings (SSSR count). The summed E-state index contributed by atoms with van der Waals surface area (Å²) >= 11 is 6.10. The van der Waals surface area contributed by atoms with Crippen molar-refractivity contribution in [3.8, 4) is 11.1 Å². The predicted octanol–water partition coefficient (Wildman–Crippen LogP) is 4.11. The number of anilines is 1. The molecule has 0 spiro atoms. The molecule has 2 aromatic carbocycles. The molecule has 0 saturated heterocycles. The third-order valence-corrected chi connectivity index (χ3v) is 3.38. The molecular weight excluding hydrogens is 237 g/mol. The summed E-state index contributed by atoms with van der Waals surface area (Å²) in [5, 5.41) is 3.88. The van der Waals surface area contributed by atoms with Gasteiger partial charge in [0, 0.05) is 22.8 Å². The summed E-state index contributed by atoms with van der Waals surface area (Å²) in [7, 11) is 0. The monoisotopic (exact) mass is 247 g/mol. The number of fused-ring (bicyclic) bond motifs is 1. The third kappa shape index (κ3) is 1.89. The van der Waals surface area contributed by atoms with Crippen LogP contribution in [0.25, 0.3) is 11.1 Å². The molecule has 1 aliphatic rings. The van der Waals surface area contributed by atoms with Gasteiger partial charge in [-0.1, -0.05) is 17.7 Å². The molecule has 2 aromatic rings. The fourth-order valence-electron chi connectivity index (χ4n) is 2.19. The van der Waals surface area contributed by atoms with Crippen molar-refractivity contribution in [3.63, 3.8) is 0 Å². The van der Waals surface area contributed by atoms with Crippen molar-refractivity contribution in [3.05, 3.63) is 52.8 Å². The second kappa shape index (κ2) is 4.04. The normalized spacial score (nSPS) is 13.3. The Hall–Kier alpha value is -1.54. The molecule has 0 aliphatic carbocycles. The summed E-state index contributed by atoms with van der Waals surface area (Å²) < 4.78 is 13.2. The van der Waals surface area contributed by atoms with Crippen LogP contribution < -0.4 is 5.32 Å². The number of hydrogen-bond acceptors (Lipinski definition) is 1. The summed E-state index contributed by atoms with van der Waals surface area (Å²) in [6, 6.07) is 10.5. The van der Waals surface area contributed by atoms with Gasteiger partial charge in [-0.05, 0) is 47.9 Å². The summed E-state index contributed by atoms with van der Waals surface area (Å²) in [5.74, 6) is -0.261. The van der Waals surface area contributed by atoms with Gasteiger partial charge in [-0.3, -0.25) is 0 Å². The molecule has 0 atom stereocenters. The first-order valence-electron chi connectivity index (χ1n) is 5.56. The number of halogens is 2. The average molecular weight is 248 g/mol. The van der Waals surface area contributed by atoms with Gasteiger partial charge in [0.15, 0.2) is 0 Å². The van der Waals surface area contributed by atoms with Gasteiger partial charge in [0.25, 0.3) is 0 Å². The summed E-state index contributed by atoms with van der Waals surface area (Å²) in [5.41, 5.74) is 4.16. The lowest BCUT2D eigenvalue weighted by atomic mass is 10.0. The Morgan fingerprint density at radius 1 is 1.12 bits per heavy atom. The molecule has 0 aromatic heterocycles. The zero-order valence-electron chi connectivity index (χ0n) is 9.13. The van der Waals surface area contributed by atoms with Crippen molar-refractivity contribution in [1.82, 2.24) is 0 Å². The van der Waals surface area contributed by atoms with E-state index in [-0.39, 0.29) is 5.82 Å². The van der Waals surface area contributed by atoms with Crippen molar-refractivity contribution in [1.29, 1.82) is 0 Å². The Balaban J connectivity index is 2.12. The second-order valence-corrected chi connectivity index (χ2v) is 4.58. The second-order valence-electron chi connectivity index (χ2n) is 4.17. The standard InChI is InChI=1S/C14H11ClFN/c15-13-3-2-11(16)8-12(13)9-1-4-14-10(7-9)5-6-17-14/h1-4,7-8,17H,5-6H2. The molecule has 0 radical (unpaired) electrons. The minimum absolute atomic E-state index is 0.261. The van der Waals surface area contributed by atoms with Gasteiger partial charge in [0.2, 0.25) is 0 Å². The van der Waals surface area contributed by atoms with Crippen LogP contribution in [0, 0.1) is 5.82 Å². The highest BCUT2D eigenvalue weighted by atomic mass is 35.5. The van der Waals surface area contributed by atoms with E-state index >= 15 is 0 Å². The van der Waals surface area contributed by atoms with Gasteiger partial charge >= 0.3 is 0 Å². The molecule has 0 unspecified atom stereocenters. The van der Waals surface area contributed by atoms with E-state index in [0.717, 1.165) is 24.1 Å². The van der Waals surface area contributed by atoms with E-state index in [0.29, 0.717) is 5.02 Å². The van der Waals surface area contributed by atoms with Gasteiger partial charge in [-0.2, -0.15) is 0 Å². The van der Waals surface area contributed by atoms with Crippen LogP contribution in [0.15, 0.2) is 36.4 Å². The highest BCUT2D eigenvalue weighted by molar-refractivity contribution is 6.33. The fraction of sp³-hybridized carbons (Fsp3) is 0.143. The predicted molar refractivity (Wildman–Crippen MR) is 69.0 cm³/mol. The van der Waals surface area contributed by atoms with Crippen LogP contribution in [0.4, 0.5) is 10.1 Å². The minimum atomic E-state index is -0.261. The lowest BCUT2D eigenvalue weighted by molar-refractivity contribution is 0.628. The fourth-order valence-corrected chi connectivity index (χ4v) is 2.42. The summed E-state index contributed by atoms with van der Waals surface area (Å²) in [4.78, 5) is 0. The number of hydrogen-bond donors (Lipinski definition) is 1. The van der Waals surface area contributed by atoms with Crippen molar-refractivity contribution >= 4 is 17.3 Å². The molecule has 3 heteroatoms. The van der Waals surface area contributed by atoms with E-state index in [2.05, 4.69) is 11.4 Å². The zero-order valence-corrected chi connectivity index (χ0v) is 9.89. The molecule has 1 aliphatic heterocycles. The molecule has 0 fully saturated rings. The summed E-state index contributed by atoms with van der Waals surface area (Å²) in [6.45, 7) is 0.968. The van der Waals surface area contributed by atoms with Crippen LogP contribution in [0.5, 0.6) is 0 Å². The zero-order chi connectivity index (χ0) is 11.8. The Morgan fingerprint density at radius 2 is 2.00 bits per heavy atom. The topological polar surface area (TPSA) is 12.0 Å². The average Bonchev–Trinajstić information content (AvgIpc) is 2.79. The maximum absolute atomic E-state index is 13.2. The Morgan fingerprint density at radius 3 is 2.88 bits per heavy atom. The van der Waals surface area contributed by atoms with E-state index in [1.807, 2.05) is 12.1 Å². The largest absolute Gasteiger partial charge is 0.384 e. The lowest BCUT2D eigenvalue weighted by Crippen LogP contribution is -1.90. The molecule has 17 heavy (non-hydrogen) atoms. The molecule has 0 saturated carbocycles. The minimum Gasteiger partial charge on any atom is -0.384 e. The quantitative estimate of drug-likeness (QED) is 0.800. The van der Waals surface area contributed by atoms with Gasteiger partial charge in [-0.25, -0.2) is 4.39 Å². The summed E-state index contributed by atoms with van der Waals surface area (Å²) in [6.07, 6.45) is 1.01. The first kappa shape index (κ1) is 10.6. The smallest absolute Gasteiger partial charge is 0.123 e. The molecule has 1 heterocycles. The first-order chi connectivity index (χ1) is 8.24. The number of nitrogens with one attached hydrogen (secondary N) is 1. The molecule has 1 N–H and O–H groups in total. The number of benzene rings is 2. The Labute approximate surface area is 104 Å². The lowest BCUT2D eigenvalue weighted by Gasteiger charge is -2.07. The maximum Gasteiger partial charge on any atom is 0.123 e. The molecule has 0 amide bonds. The van der Waals surface area contributed by atoms with Crippen LogP contribution in [-0.2, 0) is 6.42 Å². The van der Waals surface area contributed by atoms with Crippen molar-refractivity contribution in [2.24, 2.45) is 0 Å². The van der Waals surface area contributed by atoms with Gasteiger partial charge in [-0.15, -0.1) is 0 Å². The molecule has 1 nitrogen and oxygen atoms in total. The van der Waals surface area contributed by atoms with E-state index in [1.54, 1.807) is 6.07 Å². The van der Waals surface area contributed by atoms with E-state index in [9.17, 15) is 4.39 Å². The highest BCUT2D eigenvalue weighted by Crippen LogP contribution is 2.32. The van der Waals surface area contributed by atoms with E-state index < -0.39 is 0 Å². The van der Waals surface area contributed by atoms with Crippen LogP contribution in [-0.4, -0.2) is 6.54 Å². The molecule has 86 valence electrons. The van der Waals surface area contributed by atoms with Crippen LogP contribution in [0.3, 0.4) is 0 Å². The Kier molecular flexibility index (Phi) is 2.52. The van der Waals surface area contributed by atoms with E-state index in [4.69, 9.17) is 11.6 Å². The van der Waals surface area contributed by atoms with Crippen LogP contribution in [0.2, 0.25) is 5.02 Å². The van der Waals surface area contributed by atoms with Gasteiger partial charge in [0.05, 0.1) is 0 Å². The number of rotatable bonds is 1. The van der Waals surface area contributed by atoms with Crippen molar-refractivity contribution in [2.75, 3.05) is 11.9 Å². The van der Waals surface area contributed by atoms with Gasteiger partial charge in [0.1, 0.15) is 5.82 Å². The van der Waals surface area contributed by atoms with Gasteiger partial charge < -0.3 is 5.32 Å². The SMILES string of the molecule is Fc1ccc(Cl)c(-c2ccc3c(c2)CCN3)c1. The molecule has 0 bridgehead atoms. The van der Waals surface area contributed by atoms with Crippen molar-refractivity contribution < 1.29 is 4.39 Å². The molecular formula is C14H11ClFN. The maximum atomic E-state index is 13.2.